The van der Waals surface area contributed by atoms with Crippen molar-refractivity contribution in [2.75, 3.05) is 20.2 Å². The first-order valence-electron chi connectivity index (χ1n) is 5.91. The van der Waals surface area contributed by atoms with E-state index in [2.05, 4.69) is 39.6 Å². The second kappa shape index (κ2) is 5.38. The second-order valence-corrected chi connectivity index (χ2v) is 5.65. The van der Waals surface area contributed by atoms with Crippen molar-refractivity contribution in [3.8, 4) is 5.75 Å². The largest absolute Gasteiger partial charge is 0.497 e. The second-order valence-electron chi connectivity index (χ2n) is 4.80. The van der Waals surface area contributed by atoms with Crippen molar-refractivity contribution in [3.63, 3.8) is 0 Å². The lowest BCUT2D eigenvalue weighted by Gasteiger charge is -2.25. The van der Waals surface area contributed by atoms with Crippen LogP contribution in [0.25, 0.3) is 0 Å². The van der Waals surface area contributed by atoms with Crippen molar-refractivity contribution in [1.82, 2.24) is 10.6 Å². The number of halogens is 1. The minimum absolute atomic E-state index is 0.211. The molecule has 0 radical (unpaired) electrons. The highest BCUT2D eigenvalue weighted by atomic mass is 79.9. The minimum Gasteiger partial charge on any atom is -0.497 e. The first kappa shape index (κ1) is 12.9. The molecule has 0 aromatic heterocycles. The van der Waals surface area contributed by atoms with Crippen molar-refractivity contribution >= 4 is 15.9 Å². The molecule has 1 saturated heterocycles. The fraction of sp³-hybridized carbons (Fsp3) is 0.538. The van der Waals surface area contributed by atoms with Gasteiger partial charge in [0.25, 0.3) is 0 Å². The summed E-state index contributed by atoms with van der Waals surface area (Å²) >= 11 is 3.58. The summed E-state index contributed by atoms with van der Waals surface area (Å²) in [5.74, 6) is 0.903. The van der Waals surface area contributed by atoms with Crippen LogP contribution in [-0.4, -0.2) is 25.7 Å². The fourth-order valence-electron chi connectivity index (χ4n) is 2.09. The van der Waals surface area contributed by atoms with E-state index in [1.54, 1.807) is 7.11 Å². The molecule has 1 aliphatic rings. The molecule has 2 N–H and O–H groups in total. The van der Waals surface area contributed by atoms with Crippen molar-refractivity contribution in [2.45, 2.75) is 25.4 Å². The summed E-state index contributed by atoms with van der Waals surface area (Å²) < 4.78 is 6.37. The van der Waals surface area contributed by atoms with Gasteiger partial charge in [-0.15, -0.1) is 0 Å². The van der Waals surface area contributed by atoms with Gasteiger partial charge < -0.3 is 15.4 Å². The zero-order chi connectivity index (χ0) is 12.3. The molecule has 1 aliphatic heterocycles. The summed E-state index contributed by atoms with van der Waals surface area (Å²) in [4.78, 5) is 0. The molecule has 1 heterocycles. The molecule has 0 spiro atoms. The average molecular weight is 299 g/mol. The molecular weight excluding hydrogens is 280 g/mol. The van der Waals surface area contributed by atoms with E-state index in [0.717, 1.165) is 29.9 Å². The molecule has 0 saturated carbocycles. The number of ether oxygens (including phenoxy) is 1. The Kier molecular flexibility index (Phi) is 4.07. The molecule has 0 amide bonds. The van der Waals surface area contributed by atoms with Crippen LogP contribution in [0, 0.1) is 0 Å². The maximum atomic E-state index is 5.25. The van der Waals surface area contributed by atoms with E-state index in [0.29, 0.717) is 0 Å². The maximum absolute atomic E-state index is 5.25. The van der Waals surface area contributed by atoms with Gasteiger partial charge in [0.2, 0.25) is 0 Å². The van der Waals surface area contributed by atoms with Crippen LogP contribution in [-0.2, 0) is 6.54 Å². The van der Waals surface area contributed by atoms with E-state index in [9.17, 15) is 0 Å². The standard InChI is InChI=1S/C13H19BrN2O/c1-13(5-6-15-9-13)16-8-10-7-11(17-2)3-4-12(10)14/h3-4,7,15-16H,5-6,8-9H2,1-2H3. The Hall–Kier alpha value is -0.580. The van der Waals surface area contributed by atoms with Crippen molar-refractivity contribution < 1.29 is 4.74 Å². The first-order valence-corrected chi connectivity index (χ1v) is 6.70. The third-order valence-electron chi connectivity index (χ3n) is 3.33. The highest BCUT2D eigenvalue weighted by molar-refractivity contribution is 9.10. The molecule has 1 unspecified atom stereocenters. The lowest BCUT2D eigenvalue weighted by atomic mass is 10.0. The van der Waals surface area contributed by atoms with Crippen LogP contribution in [0.5, 0.6) is 5.75 Å². The summed E-state index contributed by atoms with van der Waals surface area (Å²) in [5, 5.41) is 7.01. The molecule has 17 heavy (non-hydrogen) atoms. The van der Waals surface area contributed by atoms with E-state index in [-0.39, 0.29) is 5.54 Å². The zero-order valence-corrected chi connectivity index (χ0v) is 11.9. The van der Waals surface area contributed by atoms with E-state index < -0.39 is 0 Å². The van der Waals surface area contributed by atoms with Gasteiger partial charge in [-0.25, -0.2) is 0 Å². The number of rotatable bonds is 4. The van der Waals surface area contributed by atoms with Gasteiger partial charge in [0.1, 0.15) is 5.75 Å². The summed E-state index contributed by atoms with van der Waals surface area (Å²) in [7, 11) is 1.70. The predicted octanol–water partition coefficient (Wildman–Crippen LogP) is 2.30. The van der Waals surface area contributed by atoms with Gasteiger partial charge in [0, 0.05) is 23.1 Å². The molecule has 2 rings (SSSR count). The normalized spacial score (nSPS) is 23.9. The molecule has 3 nitrogen and oxygen atoms in total. The smallest absolute Gasteiger partial charge is 0.119 e. The summed E-state index contributed by atoms with van der Waals surface area (Å²) in [6, 6.07) is 6.07. The van der Waals surface area contributed by atoms with Gasteiger partial charge in [-0.2, -0.15) is 0 Å². The quantitative estimate of drug-likeness (QED) is 0.895. The van der Waals surface area contributed by atoms with Gasteiger partial charge in [-0.3, -0.25) is 0 Å². The van der Waals surface area contributed by atoms with Crippen molar-refractivity contribution in [1.29, 1.82) is 0 Å². The van der Waals surface area contributed by atoms with E-state index in [1.165, 1.54) is 12.0 Å². The lowest BCUT2D eigenvalue weighted by Crippen LogP contribution is -2.43. The number of nitrogens with one attached hydrogen (secondary N) is 2. The third kappa shape index (κ3) is 3.21. The van der Waals surface area contributed by atoms with Crippen LogP contribution >= 0.6 is 15.9 Å². The molecule has 0 aliphatic carbocycles. The summed E-state index contributed by atoms with van der Waals surface area (Å²) in [6.07, 6.45) is 1.18. The molecule has 1 atom stereocenters. The molecule has 1 aromatic rings. The van der Waals surface area contributed by atoms with Crippen LogP contribution in [0.15, 0.2) is 22.7 Å². The molecule has 94 valence electrons. The van der Waals surface area contributed by atoms with Crippen molar-refractivity contribution in [2.24, 2.45) is 0 Å². The van der Waals surface area contributed by atoms with Gasteiger partial charge >= 0.3 is 0 Å². The fourth-order valence-corrected chi connectivity index (χ4v) is 2.48. The molecule has 4 heteroatoms. The number of hydrogen-bond acceptors (Lipinski definition) is 3. The van der Waals surface area contributed by atoms with Gasteiger partial charge in [-0.1, -0.05) is 15.9 Å². The molecule has 1 fully saturated rings. The highest BCUT2D eigenvalue weighted by Gasteiger charge is 2.27. The van der Waals surface area contributed by atoms with Gasteiger partial charge in [-0.05, 0) is 43.7 Å². The first-order chi connectivity index (χ1) is 8.13. The summed E-state index contributed by atoms with van der Waals surface area (Å²) in [5.41, 5.74) is 1.44. The minimum atomic E-state index is 0.211. The Morgan fingerprint density at radius 3 is 3.00 bits per heavy atom. The van der Waals surface area contributed by atoms with Crippen LogP contribution in [0.4, 0.5) is 0 Å². The maximum Gasteiger partial charge on any atom is 0.119 e. The van der Waals surface area contributed by atoms with Crippen molar-refractivity contribution in [3.05, 3.63) is 28.2 Å². The Morgan fingerprint density at radius 1 is 1.53 bits per heavy atom. The van der Waals surface area contributed by atoms with Gasteiger partial charge in [0.05, 0.1) is 7.11 Å². The number of benzene rings is 1. The van der Waals surface area contributed by atoms with E-state index in [4.69, 9.17) is 4.74 Å². The van der Waals surface area contributed by atoms with Crippen LogP contribution in [0.2, 0.25) is 0 Å². The van der Waals surface area contributed by atoms with Crippen LogP contribution in [0.1, 0.15) is 18.9 Å². The highest BCUT2D eigenvalue weighted by Crippen LogP contribution is 2.23. The lowest BCUT2D eigenvalue weighted by molar-refractivity contribution is 0.383. The van der Waals surface area contributed by atoms with E-state index in [1.807, 2.05) is 12.1 Å². The predicted molar refractivity (Wildman–Crippen MR) is 73.4 cm³/mol. The number of hydrogen-bond donors (Lipinski definition) is 2. The SMILES string of the molecule is COc1ccc(Br)c(CNC2(C)CCNC2)c1. The Labute approximate surface area is 111 Å². The third-order valence-corrected chi connectivity index (χ3v) is 4.10. The molecule has 0 bridgehead atoms. The number of methoxy groups -OCH3 is 1. The van der Waals surface area contributed by atoms with Crippen LogP contribution in [0.3, 0.4) is 0 Å². The zero-order valence-electron chi connectivity index (χ0n) is 10.3. The Bertz CT molecular complexity index is 389. The molecule has 1 aromatic carbocycles. The average Bonchev–Trinajstić information content (AvgIpc) is 2.76. The van der Waals surface area contributed by atoms with E-state index >= 15 is 0 Å². The van der Waals surface area contributed by atoms with Gasteiger partial charge in [0.15, 0.2) is 0 Å². The molecular formula is C13H19BrN2O. The Morgan fingerprint density at radius 2 is 2.35 bits per heavy atom. The topological polar surface area (TPSA) is 33.3 Å². The van der Waals surface area contributed by atoms with Crippen LogP contribution < -0.4 is 15.4 Å². The summed E-state index contributed by atoms with van der Waals surface area (Å²) in [6.45, 7) is 5.26. The monoisotopic (exact) mass is 298 g/mol. The Balaban J connectivity index is 2.02.